The van der Waals surface area contributed by atoms with Gasteiger partial charge in [-0.05, 0) is 0 Å². The number of halogens is 1. The number of likely N-dealkylation sites (N-methyl/N-ethyl adjacent to an activating group) is 1. The van der Waals surface area contributed by atoms with Crippen molar-refractivity contribution in [2.24, 2.45) is 0 Å². The van der Waals surface area contributed by atoms with Crippen LogP contribution in [0.2, 0.25) is 5.15 Å². The summed E-state index contributed by atoms with van der Waals surface area (Å²) in [5.74, 6) is 0.385. The normalized spacial score (nSPS) is 14.6. The molecule has 11 heteroatoms. The number of amides is 1. The smallest absolute Gasteiger partial charge is 0.407 e. The number of nitrogens with zero attached hydrogens (tertiary/aromatic N) is 6. The molecule has 0 aromatic carbocycles. The van der Waals surface area contributed by atoms with E-state index in [-0.39, 0.29) is 28.0 Å². The van der Waals surface area contributed by atoms with Crippen molar-refractivity contribution >= 4 is 40.4 Å². The molecule has 3 rings (SSSR count). The molecule has 1 saturated heterocycles. The zero-order chi connectivity index (χ0) is 16.7. The van der Waals surface area contributed by atoms with Crippen LogP contribution >= 0.6 is 11.6 Å². The summed E-state index contributed by atoms with van der Waals surface area (Å²) in [6.45, 7) is 0.880. The molecule has 0 aliphatic carbocycles. The van der Waals surface area contributed by atoms with Crippen LogP contribution in [0.3, 0.4) is 0 Å². The Morgan fingerprint density at radius 2 is 2.22 bits per heavy atom. The summed E-state index contributed by atoms with van der Waals surface area (Å²) in [5.41, 5.74) is 0.278. The van der Waals surface area contributed by atoms with Gasteiger partial charge in [-0.25, -0.2) is 19.7 Å². The lowest BCUT2D eigenvalue weighted by Gasteiger charge is -2.43. The van der Waals surface area contributed by atoms with Gasteiger partial charge >= 0.3 is 6.09 Å². The monoisotopic (exact) mass is 338 g/mol. The van der Waals surface area contributed by atoms with Gasteiger partial charge in [0.25, 0.3) is 5.69 Å². The second-order valence-electron chi connectivity index (χ2n) is 5.08. The quantitative estimate of drug-likeness (QED) is 0.657. The lowest BCUT2D eigenvalue weighted by molar-refractivity contribution is -0.385. The number of fused-ring (bicyclic) bond motifs is 1. The molecule has 0 unspecified atom stereocenters. The number of aromatic nitrogens is 3. The molecule has 0 radical (unpaired) electrons. The maximum atomic E-state index is 10.9. The van der Waals surface area contributed by atoms with Crippen molar-refractivity contribution in [3.63, 3.8) is 0 Å². The van der Waals surface area contributed by atoms with E-state index in [0.29, 0.717) is 18.9 Å². The summed E-state index contributed by atoms with van der Waals surface area (Å²) in [7, 11) is 1.50. The first-order valence-corrected chi connectivity index (χ1v) is 6.93. The van der Waals surface area contributed by atoms with Gasteiger partial charge in [-0.1, -0.05) is 11.6 Å². The number of carboxylic acid groups (broad SMARTS) is 1. The van der Waals surface area contributed by atoms with Crippen LogP contribution in [0.15, 0.2) is 12.3 Å². The summed E-state index contributed by atoms with van der Waals surface area (Å²) in [6, 6.07) is 1.10. The van der Waals surface area contributed by atoms with Crippen LogP contribution in [0.5, 0.6) is 0 Å². The standard InChI is InChI=1S/C12H11ClN6O4/c1-17(12(20)21)7-4-18(5-7)11-9(13)15-8-2-6(19(22)23)3-14-10(8)16-11/h2-3,7H,4-5H2,1H3,(H,20,21). The Morgan fingerprint density at radius 1 is 1.52 bits per heavy atom. The van der Waals surface area contributed by atoms with Gasteiger partial charge in [0.05, 0.1) is 11.0 Å². The number of anilines is 1. The number of pyridine rings is 1. The fourth-order valence-electron chi connectivity index (χ4n) is 2.24. The van der Waals surface area contributed by atoms with Crippen molar-refractivity contribution in [2.45, 2.75) is 6.04 Å². The third-order valence-electron chi connectivity index (χ3n) is 3.67. The predicted octanol–water partition coefficient (Wildman–Crippen LogP) is 1.38. The molecular formula is C12H11ClN6O4. The molecule has 0 saturated carbocycles. The largest absolute Gasteiger partial charge is 0.465 e. The first-order valence-electron chi connectivity index (χ1n) is 6.55. The van der Waals surface area contributed by atoms with Crippen LogP contribution in [0.4, 0.5) is 16.3 Å². The van der Waals surface area contributed by atoms with Crippen LogP contribution in [-0.4, -0.2) is 62.2 Å². The van der Waals surface area contributed by atoms with Crippen LogP contribution in [0.25, 0.3) is 11.2 Å². The highest BCUT2D eigenvalue weighted by atomic mass is 35.5. The maximum absolute atomic E-state index is 10.9. The number of nitro groups is 1. The molecule has 1 N–H and O–H groups in total. The summed E-state index contributed by atoms with van der Waals surface area (Å²) in [4.78, 5) is 36.3. The van der Waals surface area contributed by atoms with Gasteiger partial charge in [0.2, 0.25) is 0 Å². The lowest BCUT2D eigenvalue weighted by atomic mass is 10.1. The second kappa shape index (κ2) is 5.47. The van der Waals surface area contributed by atoms with Crippen LogP contribution in [0.1, 0.15) is 0 Å². The SMILES string of the molecule is CN(C(=O)O)C1CN(c2nc3ncc([N+](=O)[O-])cc3nc2Cl)C1. The Balaban J connectivity index is 1.86. The average Bonchev–Trinajstić information content (AvgIpc) is 2.45. The highest BCUT2D eigenvalue weighted by Gasteiger charge is 2.34. The molecule has 120 valence electrons. The van der Waals surface area contributed by atoms with E-state index in [2.05, 4.69) is 15.0 Å². The molecule has 1 fully saturated rings. The van der Waals surface area contributed by atoms with E-state index >= 15 is 0 Å². The van der Waals surface area contributed by atoms with Crippen LogP contribution < -0.4 is 4.90 Å². The van der Waals surface area contributed by atoms with Gasteiger partial charge in [-0.2, -0.15) is 0 Å². The van der Waals surface area contributed by atoms with Gasteiger partial charge in [-0.3, -0.25) is 10.1 Å². The molecule has 3 heterocycles. The van der Waals surface area contributed by atoms with Crippen molar-refractivity contribution in [1.29, 1.82) is 0 Å². The van der Waals surface area contributed by atoms with E-state index in [1.807, 2.05) is 0 Å². The Kier molecular flexibility index (Phi) is 3.60. The fraction of sp³-hybridized carbons (Fsp3) is 0.333. The molecule has 2 aromatic heterocycles. The molecule has 1 aliphatic rings. The van der Waals surface area contributed by atoms with Crippen molar-refractivity contribution in [3.05, 3.63) is 27.5 Å². The Morgan fingerprint density at radius 3 is 2.83 bits per heavy atom. The van der Waals surface area contributed by atoms with Crippen molar-refractivity contribution < 1.29 is 14.8 Å². The van der Waals surface area contributed by atoms with Gasteiger partial charge in [0, 0.05) is 26.2 Å². The number of carbonyl (C=O) groups is 1. The molecule has 10 nitrogen and oxygen atoms in total. The highest BCUT2D eigenvalue weighted by molar-refractivity contribution is 6.32. The highest BCUT2D eigenvalue weighted by Crippen LogP contribution is 2.29. The molecule has 2 aromatic rings. The third-order valence-corrected chi connectivity index (χ3v) is 3.92. The second-order valence-corrected chi connectivity index (χ2v) is 5.44. The minimum absolute atomic E-state index is 0.0937. The van der Waals surface area contributed by atoms with Crippen molar-refractivity contribution in [1.82, 2.24) is 19.9 Å². The number of hydrogen-bond acceptors (Lipinski definition) is 7. The van der Waals surface area contributed by atoms with E-state index in [1.165, 1.54) is 18.0 Å². The first-order chi connectivity index (χ1) is 10.9. The van der Waals surface area contributed by atoms with E-state index in [0.717, 1.165) is 6.20 Å². The minimum Gasteiger partial charge on any atom is -0.465 e. The molecule has 0 bridgehead atoms. The summed E-state index contributed by atoms with van der Waals surface area (Å²) in [6.07, 6.45) is 0.102. The van der Waals surface area contributed by atoms with E-state index in [4.69, 9.17) is 16.7 Å². The third kappa shape index (κ3) is 2.68. The molecule has 1 amide bonds. The Hall–Kier alpha value is -2.75. The molecule has 0 spiro atoms. The summed E-state index contributed by atoms with van der Waals surface area (Å²) >= 11 is 6.09. The van der Waals surface area contributed by atoms with E-state index in [1.54, 1.807) is 4.90 Å². The van der Waals surface area contributed by atoms with E-state index in [9.17, 15) is 14.9 Å². The maximum Gasteiger partial charge on any atom is 0.407 e. The first kappa shape index (κ1) is 15.2. The predicted molar refractivity (Wildman–Crippen MR) is 80.8 cm³/mol. The fourth-order valence-corrected chi connectivity index (χ4v) is 2.49. The van der Waals surface area contributed by atoms with Crippen LogP contribution in [-0.2, 0) is 0 Å². The molecule has 23 heavy (non-hydrogen) atoms. The van der Waals surface area contributed by atoms with Crippen LogP contribution in [0, 0.1) is 10.1 Å². The topological polar surface area (TPSA) is 126 Å². The Labute approximate surface area is 134 Å². The molecule has 1 aliphatic heterocycles. The zero-order valence-corrected chi connectivity index (χ0v) is 12.6. The molecular weight excluding hydrogens is 328 g/mol. The summed E-state index contributed by atoms with van der Waals surface area (Å²) in [5, 5.41) is 19.8. The minimum atomic E-state index is -1.00. The van der Waals surface area contributed by atoms with Crippen molar-refractivity contribution in [3.8, 4) is 0 Å². The van der Waals surface area contributed by atoms with Gasteiger partial charge < -0.3 is 14.9 Å². The number of hydrogen-bond donors (Lipinski definition) is 1. The van der Waals surface area contributed by atoms with Gasteiger partial charge in [0.1, 0.15) is 11.7 Å². The molecule has 0 atom stereocenters. The van der Waals surface area contributed by atoms with Crippen molar-refractivity contribution in [2.75, 3.05) is 25.0 Å². The Bertz CT molecular complexity index is 809. The van der Waals surface area contributed by atoms with Gasteiger partial charge in [0.15, 0.2) is 16.6 Å². The number of rotatable bonds is 3. The lowest BCUT2D eigenvalue weighted by Crippen LogP contribution is -2.60. The van der Waals surface area contributed by atoms with E-state index < -0.39 is 11.0 Å². The summed E-state index contributed by atoms with van der Waals surface area (Å²) < 4.78 is 0. The van der Waals surface area contributed by atoms with Gasteiger partial charge in [-0.15, -0.1) is 0 Å². The average molecular weight is 339 g/mol. The zero-order valence-electron chi connectivity index (χ0n) is 11.9.